The number of hydrogen-bond donors (Lipinski definition) is 2. The van der Waals surface area contributed by atoms with E-state index in [1.54, 1.807) is 6.20 Å². The highest BCUT2D eigenvalue weighted by Crippen LogP contribution is 2.35. The van der Waals surface area contributed by atoms with Crippen LogP contribution < -0.4 is 4.72 Å². The maximum absolute atomic E-state index is 12.8. The fourth-order valence-electron chi connectivity index (χ4n) is 3.96. The molecule has 4 aromatic rings. The maximum Gasteiger partial charge on any atom is 0.242 e. The van der Waals surface area contributed by atoms with Crippen molar-refractivity contribution in [2.45, 2.75) is 36.1 Å². The van der Waals surface area contributed by atoms with Gasteiger partial charge in [0.1, 0.15) is 10.7 Å². The number of hydrogen-bond acceptors (Lipinski definition) is 5. The highest BCUT2D eigenvalue weighted by Gasteiger charge is 2.33. The van der Waals surface area contributed by atoms with E-state index in [0.717, 1.165) is 23.4 Å². The van der Waals surface area contributed by atoms with E-state index >= 15 is 0 Å². The van der Waals surface area contributed by atoms with Crippen LogP contribution in [0.4, 0.5) is 0 Å². The summed E-state index contributed by atoms with van der Waals surface area (Å²) in [5.41, 5.74) is 2.33. The van der Waals surface area contributed by atoms with E-state index < -0.39 is 10.0 Å². The molecule has 0 amide bonds. The molecule has 1 fully saturated rings. The molecule has 8 nitrogen and oxygen atoms in total. The van der Waals surface area contributed by atoms with Crippen molar-refractivity contribution in [1.82, 2.24) is 29.3 Å². The van der Waals surface area contributed by atoms with Crippen LogP contribution in [0.5, 0.6) is 0 Å². The van der Waals surface area contributed by atoms with Crippen molar-refractivity contribution < 1.29 is 8.42 Å². The summed E-state index contributed by atoms with van der Waals surface area (Å²) in [5.74, 6) is 0.900. The molecule has 29 heavy (non-hydrogen) atoms. The minimum absolute atomic E-state index is 0.0278. The van der Waals surface area contributed by atoms with Crippen LogP contribution in [0, 0.1) is 0 Å². The van der Waals surface area contributed by atoms with E-state index in [4.69, 9.17) is 23.2 Å². The third-order valence-electron chi connectivity index (χ3n) is 5.27. The van der Waals surface area contributed by atoms with E-state index in [1.807, 2.05) is 16.7 Å². The molecule has 3 heterocycles. The second-order valence-corrected chi connectivity index (χ2v) is 9.65. The van der Waals surface area contributed by atoms with E-state index in [2.05, 4.69) is 24.9 Å². The zero-order valence-corrected chi connectivity index (χ0v) is 17.3. The molecular weight excluding hydrogens is 435 g/mol. The molecule has 2 atom stereocenters. The number of aromatic amines is 1. The molecule has 0 unspecified atom stereocenters. The number of nitrogens with one attached hydrogen (secondary N) is 2. The second-order valence-electron chi connectivity index (χ2n) is 7.12. The molecule has 1 aromatic carbocycles. The summed E-state index contributed by atoms with van der Waals surface area (Å²) < 4.78 is 30.3. The van der Waals surface area contributed by atoms with Crippen LogP contribution in [-0.2, 0) is 10.0 Å². The highest BCUT2D eigenvalue weighted by atomic mass is 35.5. The van der Waals surface area contributed by atoms with E-state index in [0.29, 0.717) is 23.5 Å². The normalized spacial score (nSPS) is 20.1. The first-order chi connectivity index (χ1) is 13.9. The van der Waals surface area contributed by atoms with Gasteiger partial charge in [-0.05, 0) is 43.5 Å². The van der Waals surface area contributed by atoms with Crippen molar-refractivity contribution in [1.29, 1.82) is 0 Å². The lowest BCUT2D eigenvalue weighted by molar-refractivity contribution is 0.546. The van der Waals surface area contributed by atoms with Crippen LogP contribution >= 0.6 is 23.2 Å². The Kier molecular flexibility index (Phi) is 4.50. The van der Waals surface area contributed by atoms with Crippen molar-refractivity contribution >= 4 is 50.0 Å². The number of rotatable bonds is 4. The van der Waals surface area contributed by atoms with Crippen molar-refractivity contribution in [2.24, 2.45) is 0 Å². The molecule has 0 aliphatic heterocycles. The third kappa shape index (κ3) is 3.28. The van der Waals surface area contributed by atoms with Crippen molar-refractivity contribution in [3.63, 3.8) is 0 Å². The lowest BCUT2D eigenvalue weighted by atomic mass is 10.1. The first-order valence-corrected chi connectivity index (χ1v) is 11.3. The van der Waals surface area contributed by atoms with Gasteiger partial charge < -0.3 is 4.98 Å². The van der Waals surface area contributed by atoms with Gasteiger partial charge in [-0.15, -0.1) is 10.2 Å². The van der Waals surface area contributed by atoms with Crippen molar-refractivity contribution in [2.75, 3.05) is 0 Å². The van der Waals surface area contributed by atoms with Crippen LogP contribution in [0.2, 0.25) is 10.0 Å². The summed E-state index contributed by atoms with van der Waals surface area (Å²) >= 11 is 12.0. The van der Waals surface area contributed by atoms with Crippen LogP contribution in [-0.4, -0.2) is 39.0 Å². The smallest absolute Gasteiger partial charge is 0.242 e. The number of halogens is 2. The summed E-state index contributed by atoms with van der Waals surface area (Å²) in [6, 6.07) is 6.07. The Hall–Kier alpha value is -2.20. The Balaban J connectivity index is 1.41. The van der Waals surface area contributed by atoms with Gasteiger partial charge in [0.25, 0.3) is 0 Å². The largest absolute Gasteiger partial charge is 0.345 e. The van der Waals surface area contributed by atoms with Crippen LogP contribution in [0.3, 0.4) is 0 Å². The number of aromatic nitrogens is 5. The number of fused-ring (bicyclic) bond motifs is 3. The lowest BCUT2D eigenvalue weighted by Crippen LogP contribution is -2.33. The molecule has 1 aliphatic carbocycles. The van der Waals surface area contributed by atoms with Gasteiger partial charge in [-0.3, -0.25) is 4.40 Å². The van der Waals surface area contributed by atoms with Gasteiger partial charge in [-0.1, -0.05) is 23.2 Å². The number of nitrogens with zero attached hydrogens (tertiary/aromatic N) is 4. The highest BCUT2D eigenvalue weighted by molar-refractivity contribution is 7.89. The molecule has 1 saturated carbocycles. The topological polar surface area (TPSA) is 105 Å². The lowest BCUT2D eigenvalue weighted by Gasteiger charge is -2.14. The molecule has 5 rings (SSSR count). The Morgan fingerprint density at radius 3 is 2.86 bits per heavy atom. The van der Waals surface area contributed by atoms with Gasteiger partial charge in [-0.2, -0.15) is 0 Å². The first kappa shape index (κ1) is 18.8. The second kappa shape index (κ2) is 6.94. The van der Waals surface area contributed by atoms with E-state index in [-0.39, 0.29) is 21.9 Å². The molecule has 0 radical (unpaired) electrons. The van der Waals surface area contributed by atoms with Gasteiger partial charge in [-0.25, -0.2) is 18.1 Å². The third-order valence-corrected chi connectivity index (χ3v) is 7.51. The van der Waals surface area contributed by atoms with Crippen LogP contribution in [0.1, 0.15) is 31.0 Å². The number of benzene rings is 1. The molecule has 1 aliphatic rings. The predicted molar refractivity (Wildman–Crippen MR) is 110 cm³/mol. The Morgan fingerprint density at radius 1 is 1.17 bits per heavy atom. The van der Waals surface area contributed by atoms with Gasteiger partial charge in [0.15, 0.2) is 11.3 Å². The number of H-pyrrole nitrogens is 1. The zero-order chi connectivity index (χ0) is 20.2. The Labute approximate surface area is 176 Å². The minimum Gasteiger partial charge on any atom is -0.345 e. The maximum atomic E-state index is 12.8. The standard InChI is InChI=1S/C18H16Cl2N6O2S/c19-11-2-4-15(13(20)8-11)29(27,28)25-12-3-1-10(7-12)18-24-23-16-9-22-17-14(26(16)18)5-6-21-17/h2,4-6,8-10,12,21,25H,1,3,7H2/t10-,12+/m1/s1. The molecule has 150 valence electrons. The van der Waals surface area contributed by atoms with Crippen LogP contribution in [0.25, 0.3) is 16.8 Å². The van der Waals surface area contributed by atoms with Gasteiger partial charge in [0.2, 0.25) is 10.0 Å². The fraction of sp³-hybridized carbons (Fsp3) is 0.278. The quantitative estimate of drug-likeness (QED) is 0.494. The summed E-state index contributed by atoms with van der Waals surface area (Å²) in [6.07, 6.45) is 5.62. The molecular formula is C18H16Cl2N6O2S. The average molecular weight is 451 g/mol. The van der Waals surface area contributed by atoms with E-state index in [9.17, 15) is 8.42 Å². The fourth-order valence-corrected chi connectivity index (χ4v) is 6.02. The van der Waals surface area contributed by atoms with Gasteiger partial charge in [0, 0.05) is 23.2 Å². The average Bonchev–Trinajstić information content (AvgIpc) is 3.38. The monoisotopic (exact) mass is 450 g/mol. The van der Waals surface area contributed by atoms with Crippen molar-refractivity contribution in [3.05, 3.63) is 52.5 Å². The molecule has 3 aromatic heterocycles. The van der Waals surface area contributed by atoms with Crippen molar-refractivity contribution in [3.8, 4) is 0 Å². The SMILES string of the molecule is O=S(=O)(N[C@H]1CC[C@@H](c2nnc3cnc4[nH]ccc4n23)C1)c1ccc(Cl)cc1Cl. The summed E-state index contributed by atoms with van der Waals surface area (Å²) in [5, 5.41) is 9.08. The van der Waals surface area contributed by atoms with Crippen LogP contribution in [0.15, 0.2) is 41.6 Å². The Morgan fingerprint density at radius 2 is 2.03 bits per heavy atom. The predicted octanol–water partition coefficient (Wildman–Crippen LogP) is 3.53. The van der Waals surface area contributed by atoms with E-state index in [1.165, 1.54) is 18.2 Å². The molecule has 0 saturated heterocycles. The summed E-state index contributed by atoms with van der Waals surface area (Å²) in [7, 11) is -3.75. The van der Waals surface area contributed by atoms with Gasteiger partial charge >= 0.3 is 0 Å². The molecule has 0 bridgehead atoms. The zero-order valence-electron chi connectivity index (χ0n) is 15.0. The number of sulfonamides is 1. The molecule has 2 N–H and O–H groups in total. The molecule has 0 spiro atoms. The molecule has 11 heteroatoms. The summed E-state index contributed by atoms with van der Waals surface area (Å²) in [6.45, 7) is 0. The Bertz CT molecular complexity index is 1330. The minimum atomic E-state index is -3.75. The summed E-state index contributed by atoms with van der Waals surface area (Å²) in [4.78, 5) is 7.44. The van der Waals surface area contributed by atoms with Gasteiger partial charge in [0.05, 0.1) is 16.7 Å². The first-order valence-electron chi connectivity index (χ1n) is 9.07.